The molecule has 2 amide bonds. The van der Waals surface area contributed by atoms with Gasteiger partial charge >= 0.3 is 0 Å². The highest BCUT2D eigenvalue weighted by molar-refractivity contribution is 6.04. The molecule has 0 radical (unpaired) electrons. The molecule has 0 unspecified atom stereocenters. The molecule has 2 aromatic carbocycles. The molecular formula is C22H21N3O3. The first-order valence-corrected chi connectivity index (χ1v) is 8.82. The van der Waals surface area contributed by atoms with E-state index in [0.717, 1.165) is 5.56 Å². The zero-order valence-electron chi connectivity index (χ0n) is 15.7. The largest absolute Gasteiger partial charge is 0.484 e. The quantitative estimate of drug-likeness (QED) is 0.683. The number of ether oxygens (including phenoxy) is 1. The first-order valence-electron chi connectivity index (χ1n) is 8.82. The third kappa shape index (κ3) is 5.17. The van der Waals surface area contributed by atoms with E-state index in [1.165, 1.54) is 5.56 Å². The van der Waals surface area contributed by atoms with Crippen molar-refractivity contribution in [2.24, 2.45) is 0 Å². The van der Waals surface area contributed by atoms with Crippen molar-refractivity contribution in [2.45, 2.75) is 13.8 Å². The maximum atomic E-state index is 12.2. The number of hydrogen-bond acceptors (Lipinski definition) is 4. The van der Waals surface area contributed by atoms with Gasteiger partial charge in [-0.05, 0) is 73.5 Å². The predicted octanol–water partition coefficient (Wildman–Crippen LogP) is 3.97. The fraction of sp³-hybridized carbons (Fsp3) is 0.136. The SMILES string of the molecule is Cc1ccc(OCC(=O)Nc2ccc(C(=O)Nc3cccnc3)cc2)cc1C. The van der Waals surface area contributed by atoms with Gasteiger partial charge in [-0.3, -0.25) is 14.6 Å². The summed E-state index contributed by atoms with van der Waals surface area (Å²) in [4.78, 5) is 28.2. The predicted molar refractivity (Wildman–Crippen MR) is 109 cm³/mol. The number of pyridine rings is 1. The lowest BCUT2D eigenvalue weighted by Gasteiger charge is -2.10. The van der Waals surface area contributed by atoms with Gasteiger partial charge in [0, 0.05) is 17.4 Å². The average Bonchev–Trinajstić information content (AvgIpc) is 2.70. The molecule has 1 heterocycles. The number of rotatable bonds is 6. The van der Waals surface area contributed by atoms with E-state index in [-0.39, 0.29) is 18.4 Å². The Morgan fingerprint density at radius 2 is 1.71 bits per heavy atom. The van der Waals surface area contributed by atoms with Crippen LogP contribution in [-0.4, -0.2) is 23.4 Å². The fourth-order valence-corrected chi connectivity index (χ4v) is 2.49. The smallest absolute Gasteiger partial charge is 0.262 e. The van der Waals surface area contributed by atoms with Crippen molar-refractivity contribution in [3.05, 3.63) is 83.7 Å². The Kier molecular flexibility index (Phi) is 6.01. The number of nitrogens with zero attached hydrogens (tertiary/aromatic N) is 1. The minimum atomic E-state index is -0.272. The number of carbonyl (C=O) groups is 2. The lowest BCUT2D eigenvalue weighted by molar-refractivity contribution is -0.118. The molecule has 6 nitrogen and oxygen atoms in total. The number of benzene rings is 2. The molecule has 0 bridgehead atoms. The molecule has 28 heavy (non-hydrogen) atoms. The van der Waals surface area contributed by atoms with Crippen LogP contribution in [0.15, 0.2) is 67.0 Å². The van der Waals surface area contributed by atoms with E-state index in [0.29, 0.717) is 22.7 Å². The van der Waals surface area contributed by atoms with Crippen LogP contribution in [0.25, 0.3) is 0 Å². The normalized spacial score (nSPS) is 10.2. The first kappa shape index (κ1) is 19.1. The second kappa shape index (κ2) is 8.81. The Balaban J connectivity index is 1.52. The number of carbonyl (C=O) groups excluding carboxylic acids is 2. The number of nitrogens with one attached hydrogen (secondary N) is 2. The Bertz CT molecular complexity index is 970. The van der Waals surface area contributed by atoms with E-state index in [4.69, 9.17) is 4.74 Å². The molecule has 0 saturated heterocycles. The molecular weight excluding hydrogens is 354 g/mol. The Labute approximate surface area is 163 Å². The second-order valence-electron chi connectivity index (χ2n) is 6.36. The summed E-state index contributed by atoms with van der Waals surface area (Å²) in [6.45, 7) is 3.92. The van der Waals surface area contributed by atoms with E-state index in [2.05, 4.69) is 15.6 Å². The van der Waals surface area contributed by atoms with E-state index in [9.17, 15) is 9.59 Å². The molecule has 0 aliphatic heterocycles. The average molecular weight is 375 g/mol. The maximum Gasteiger partial charge on any atom is 0.262 e. The molecule has 2 N–H and O–H groups in total. The second-order valence-corrected chi connectivity index (χ2v) is 6.36. The van der Waals surface area contributed by atoms with Crippen LogP contribution in [-0.2, 0) is 4.79 Å². The van der Waals surface area contributed by atoms with Crippen molar-refractivity contribution >= 4 is 23.2 Å². The van der Waals surface area contributed by atoms with Crippen molar-refractivity contribution in [1.82, 2.24) is 4.98 Å². The van der Waals surface area contributed by atoms with Crippen molar-refractivity contribution in [1.29, 1.82) is 0 Å². The van der Waals surface area contributed by atoms with Gasteiger partial charge in [0.1, 0.15) is 5.75 Å². The standard InChI is InChI=1S/C22H21N3O3/c1-15-5-10-20(12-16(15)2)28-14-21(26)24-18-8-6-17(7-9-18)22(27)25-19-4-3-11-23-13-19/h3-13H,14H2,1-2H3,(H,24,26)(H,25,27). The monoisotopic (exact) mass is 375 g/mol. The topological polar surface area (TPSA) is 80.3 Å². The van der Waals surface area contributed by atoms with Gasteiger partial charge in [0.15, 0.2) is 6.61 Å². The highest BCUT2D eigenvalue weighted by Gasteiger charge is 2.08. The van der Waals surface area contributed by atoms with Crippen LogP contribution in [0.5, 0.6) is 5.75 Å². The zero-order valence-corrected chi connectivity index (χ0v) is 15.7. The zero-order chi connectivity index (χ0) is 19.9. The summed E-state index contributed by atoms with van der Waals surface area (Å²) in [5.74, 6) is 0.135. The molecule has 0 aliphatic rings. The molecule has 0 fully saturated rings. The highest BCUT2D eigenvalue weighted by Crippen LogP contribution is 2.17. The van der Waals surface area contributed by atoms with Crippen LogP contribution >= 0.6 is 0 Å². The van der Waals surface area contributed by atoms with Crippen molar-refractivity contribution in [2.75, 3.05) is 17.2 Å². The molecule has 0 saturated carbocycles. The Morgan fingerprint density at radius 1 is 0.929 bits per heavy atom. The van der Waals surface area contributed by atoms with E-state index in [1.54, 1.807) is 48.8 Å². The van der Waals surface area contributed by atoms with E-state index < -0.39 is 0 Å². The summed E-state index contributed by atoms with van der Waals surface area (Å²) >= 11 is 0. The highest BCUT2D eigenvalue weighted by atomic mass is 16.5. The van der Waals surface area contributed by atoms with Crippen molar-refractivity contribution in [3.63, 3.8) is 0 Å². The summed E-state index contributed by atoms with van der Waals surface area (Å²) < 4.78 is 5.52. The van der Waals surface area contributed by atoms with Crippen LogP contribution < -0.4 is 15.4 Å². The summed E-state index contributed by atoms with van der Waals surface area (Å²) in [5, 5.41) is 5.50. The number of aryl methyl sites for hydroxylation is 2. The van der Waals surface area contributed by atoms with Gasteiger partial charge in [0.25, 0.3) is 11.8 Å². The molecule has 0 aliphatic carbocycles. The van der Waals surface area contributed by atoms with Crippen LogP contribution in [0, 0.1) is 13.8 Å². The third-order valence-electron chi connectivity index (χ3n) is 4.20. The summed E-state index contributed by atoms with van der Waals surface area (Å²) in [5.41, 5.74) is 3.97. The fourth-order valence-electron chi connectivity index (χ4n) is 2.49. The van der Waals surface area contributed by atoms with Crippen LogP contribution in [0.4, 0.5) is 11.4 Å². The van der Waals surface area contributed by atoms with Gasteiger partial charge in [-0.25, -0.2) is 0 Å². The van der Waals surface area contributed by atoms with Crippen LogP contribution in [0.1, 0.15) is 21.5 Å². The molecule has 0 spiro atoms. The van der Waals surface area contributed by atoms with Gasteiger partial charge in [0.05, 0.1) is 11.9 Å². The third-order valence-corrected chi connectivity index (χ3v) is 4.20. The minimum Gasteiger partial charge on any atom is -0.484 e. The van der Waals surface area contributed by atoms with Gasteiger partial charge in [-0.1, -0.05) is 6.07 Å². The van der Waals surface area contributed by atoms with Gasteiger partial charge in [-0.2, -0.15) is 0 Å². The van der Waals surface area contributed by atoms with Gasteiger partial charge in [0.2, 0.25) is 0 Å². The van der Waals surface area contributed by atoms with Crippen LogP contribution in [0.3, 0.4) is 0 Å². The van der Waals surface area contributed by atoms with Crippen molar-refractivity contribution in [3.8, 4) is 5.75 Å². The Hall–Kier alpha value is -3.67. The molecule has 0 atom stereocenters. The summed E-state index contributed by atoms with van der Waals surface area (Å²) in [6.07, 6.45) is 3.21. The number of amides is 2. The van der Waals surface area contributed by atoms with E-state index in [1.807, 2.05) is 32.0 Å². The molecule has 6 heteroatoms. The lowest BCUT2D eigenvalue weighted by Crippen LogP contribution is -2.20. The molecule has 3 aromatic rings. The lowest BCUT2D eigenvalue weighted by atomic mass is 10.1. The van der Waals surface area contributed by atoms with Gasteiger partial charge in [-0.15, -0.1) is 0 Å². The summed E-state index contributed by atoms with van der Waals surface area (Å²) in [7, 11) is 0. The molecule has 3 rings (SSSR count). The van der Waals surface area contributed by atoms with Crippen LogP contribution in [0.2, 0.25) is 0 Å². The summed E-state index contributed by atoms with van der Waals surface area (Å²) in [6, 6.07) is 15.8. The number of anilines is 2. The minimum absolute atomic E-state index is 0.0915. The van der Waals surface area contributed by atoms with Gasteiger partial charge < -0.3 is 15.4 Å². The Morgan fingerprint density at radius 3 is 2.39 bits per heavy atom. The number of aromatic nitrogens is 1. The molecule has 1 aromatic heterocycles. The first-order chi connectivity index (χ1) is 13.5. The molecule has 142 valence electrons. The maximum absolute atomic E-state index is 12.2. The van der Waals surface area contributed by atoms with E-state index >= 15 is 0 Å². The van der Waals surface area contributed by atoms with Crippen molar-refractivity contribution < 1.29 is 14.3 Å². The number of hydrogen-bond donors (Lipinski definition) is 2.